The van der Waals surface area contributed by atoms with Gasteiger partial charge in [0.15, 0.2) is 6.10 Å². The third kappa shape index (κ3) is 36.4. The van der Waals surface area contributed by atoms with Crippen LogP contribution in [0.4, 0.5) is 0 Å². The van der Waals surface area contributed by atoms with E-state index in [0.29, 0.717) is 12.8 Å². The molecule has 4 N–H and O–H groups in total. The van der Waals surface area contributed by atoms with Gasteiger partial charge in [-0.05, 0) is 51.4 Å². The van der Waals surface area contributed by atoms with Gasteiger partial charge in [0.2, 0.25) is 0 Å². The number of esters is 2. The van der Waals surface area contributed by atoms with E-state index in [-0.39, 0.29) is 19.4 Å². The SMILES string of the molecule is CC/C=C\C/C=C\C/C=C\C/C=C\CCCCCCC(=O)O[C@H](COC(=O)CCCCCCCCCCCCCCC)COP(=O)(O)OC[C@H](N)C(=O)O. The molecule has 11 nitrogen and oxygen atoms in total. The predicted octanol–water partition coefficient (Wildman–Crippen LogP) is 10.6. The average Bonchev–Trinajstić information content (AvgIpc) is 3.14. The maximum atomic E-state index is 12.6. The molecule has 0 saturated carbocycles. The molecule has 0 aromatic carbocycles. The highest BCUT2D eigenvalue weighted by Gasteiger charge is 2.28. The van der Waals surface area contributed by atoms with Crippen LogP contribution in [-0.2, 0) is 37.5 Å². The van der Waals surface area contributed by atoms with Crippen LogP contribution >= 0.6 is 7.82 Å². The molecule has 1 unspecified atom stereocenters. The predicted molar refractivity (Wildman–Crippen MR) is 217 cm³/mol. The topological polar surface area (TPSA) is 172 Å². The van der Waals surface area contributed by atoms with Crippen LogP contribution in [0.3, 0.4) is 0 Å². The first-order chi connectivity index (χ1) is 26.1. The van der Waals surface area contributed by atoms with Crippen LogP contribution in [0.5, 0.6) is 0 Å². The number of carbonyl (C=O) groups is 3. The number of hydrogen-bond donors (Lipinski definition) is 3. The Morgan fingerprint density at radius 1 is 0.593 bits per heavy atom. The van der Waals surface area contributed by atoms with Gasteiger partial charge in [-0.15, -0.1) is 0 Å². The highest BCUT2D eigenvalue weighted by atomic mass is 31.2. The summed E-state index contributed by atoms with van der Waals surface area (Å²) >= 11 is 0. The maximum absolute atomic E-state index is 12.6. The number of hydrogen-bond acceptors (Lipinski definition) is 9. The second-order valence-corrected chi connectivity index (χ2v) is 15.2. The molecule has 0 radical (unpaired) electrons. The summed E-state index contributed by atoms with van der Waals surface area (Å²) in [5, 5.41) is 8.87. The molecule has 3 atom stereocenters. The van der Waals surface area contributed by atoms with Gasteiger partial charge < -0.3 is 25.2 Å². The summed E-state index contributed by atoms with van der Waals surface area (Å²) in [6.07, 6.45) is 40.3. The van der Waals surface area contributed by atoms with Gasteiger partial charge in [-0.25, -0.2) is 4.57 Å². The first-order valence-corrected chi connectivity index (χ1v) is 22.2. The second kappa shape index (κ2) is 37.4. The van der Waals surface area contributed by atoms with E-state index in [0.717, 1.165) is 70.6 Å². The third-order valence-corrected chi connectivity index (χ3v) is 9.54. The normalized spacial score (nSPS) is 14.3. The smallest absolute Gasteiger partial charge is 0.472 e. The van der Waals surface area contributed by atoms with Crippen LogP contribution in [0.2, 0.25) is 0 Å². The van der Waals surface area contributed by atoms with Crippen LogP contribution in [-0.4, -0.2) is 59.9 Å². The van der Waals surface area contributed by atoms with Crippen molar-refractivity contribution in [1.82, 2.24) is 0 Å². The van der Waals surface area contributed by atoms with Crippen molar-refractivity contribution in [3.63, 3.8) is 0 Å². The number of aliphatic carboxylic acids is 1. The number of nitrogens with two attached hydrogens (primary N) is 1. The summed E-state index contributed by atoms with van der Waals surface area (Å²) in [6.45, 7) is 2.65. The Morgan fingerprint density at radius 3 is 1.56 bits per heavy atom. The Labute approximate surface area is 326 Å². The average molecular weight is 784 g/mol. The van der Waals surface area contributed by atoms with Crippen molar-refractivity contribution in [2.45, 2.75) is 180 Å². The number of allylic oxidation sites excluding steroid dienone is 8. The van der Waals surface area contributed by atoms with Gasteiger partial charge in [0.05, 0.1) is 13.2 Å². The number of phosphoric acid groups is 1. The highest BCUT2D eigenvalue weighted by Crippen LogP contribution is 2.43. The van der Waals surface area contributed by atoms with Crippen molar-refractivity contribution in [2.75, 3.05) is 19.8 Å². The number of unbranched alkanes of at least 4 members (excludes halogenated alkanes) is 16. The molecule has 0 aliphatic heterocycles. The van der Waals surface area contributed by atoms with Crippen molar-refractivity contribution in [3.05, 3.63) is 48.6 Å². The minimum Gasteiger partial charge on any atom is -0.480 e. The summed E-state index contributed by atoms with van der Waals surface area (Å²) in [4.78, 5) is 45.9. The Balaban J connectivity index is 4.44. The van der Waals surface area contributed by atoms with Crippen LogP contribution in [0.15, 0.2) is 48.6 Å². The van der Waals surface area contributed by atoms with E-state index < -0.39 is 51.1 Å². The van der Waals surface area contributed by atoms with Crippen molar-refractivity contribution in [2.24, 2.45) is 5.73 Å². The number of carbonyl (C=O) groups excluding carboxylic acids is 2. The van der Waals surface area contributed by atoms with Crippen LogP contribution in [0.25, 0.3) is 0 Å². The molecule has 12 heteroatoms. The Morgan fingerprint density at radius 2 is 1.04 bits per heavy atom. The minimum atomic E-state index is -4.72. The summed E-state index contributed by atoms with van der Waals surface area (Å²) in [6, 6.07) is -1.53. The molecule has 0 bridgehead atoms. The molecule has 0 amide bonds. The van der Waals surface area contributed by atoms with Gasteiger partial charge in [-0.3, -0.25) is 23.4 Å². The van der Waals surface area contributed by atoms with Crippen LogP contribution in [0.1, 0.15) is 168 Å². The van der Waals surface area contributed by atoms with E-state index in [2.05, 4.69) is 67.0 Å². The fourth-order valence-corrected chi connectivity index (χ4v) is 6.13. The molecule has 312 valence electrons. The Hall–Kier alpha value is -2.56. The maximum Gasteiger partial charge on any atom is 0.472 e. The number of phosphoric ester groups is 1. The van der Waals surface area contributed by atoms with E-state index in [1.165, 1.54) is 57.8 Å². The fraction of sp³-hybridized carbons (Fsp3) is 0.738. The molecule has 54 heavy (non-hydrogen) atoms. The number of ether oxygens (including phenoxy) is 2. The first kappa shape index (κ1) is 51.4. The highest BCUT2D eigenvalue weighted by molar-refractivity contribution is 7.47. The van der Waals surface area contributed by atoms with Crippen molar-refractivity contribution >= 4 is 25.7 Å². The van der Waals surface area contributed by atoms with E-state index in [9.17, 15) is 23.8 Å². The van der Waals surface area contributed by atoms with E-state index in [4.69, 9.17) is 24.8 Å². The number of rotatable bonds is 38. The molecule has 0 aromatic heterocycles. The van der Waals surface area contributed by atoms with Gasteiger partial charge in [-0.1, -0.05) is 152 Å². The zero-order valence-electron chi connectivity index (χ0n) is 33.6. The quantitative estimate of drug-likeness (QED) is 0.0235. The Bertz CT molecular complexity index is 1110. The zero-order valence-corrected chi connectivity index (χ0v) is 34.4. The van der Waals surface area contributed by atoms with E-state index >= 15 is 0 Å². The zero-order chi connectivity index (χ0) is 40.0. The van der Waals surface area contributed by atoms with Gasteiger partial charge in [-0.2, -0.15) is 0 Å². The van der Waals surface area contributed by atoms with E-state index in [1.54, 1.807) is 0 Å². The molecule has 0 aromatic rings. The monoisotopic (exact) mass is 784 g/mol. The van der Waals surface area contributed by atoms with Gasteiger partial charge in [0, 0.05) is 12.8 Å². The van der Waals surface area contributed by atoms with Crippen LogP contribution in [0, 0.1) is 0 Å². The summed E-state index contributed by atoms with van der Waals surface area (Å²) in [5.74, 6) is -2.41. The number of carboxylic acids is 1. The largest absolute Gasteiger partial charge is 0.480 e. The fourth-order valence-electron chi connectivity index (χ4n) is 5.35. The molecule has 0 aliphatic rings. The van der Waals surface area contributed by atoms with Crippen molar-refractivity contribution < 1.29 is 47.5 Å². The molecule has 0 rings (SSSR count). The molecule has 0 heterocycles. The lowest BCUT2D eigenvalue weighted by Crippen LogP contribution is -2.34. The third-order valence-electron chi connectivity index (χ3n) is 8.59. The van der Waals surface area contributed by atoms with Gasteiger partial charge in [0.25, 0.3) is 0 Å². The number of carboxylic acid groups (broad SMARTS) is 1. The molecule has 0 saturated heterocycles. The molecule has 0 spiro atoms. The second-order valence-electron chi connectivity index (χ2n) is 13.7. The summed E-state index contributed by atoms with van der Waals surface area (Å²) in [5.41, 5.74) is 5.32. The molecular formula is C42H74NO10P. The standard InChI is InChI=1S/C42H74NO10P/c1-3-5-7-9-11-13-15-17-18-19-20-22-24-26-28-30-32-34-41(45)53-38(36-51-54(48,49)52-37-39(43)42(46)47)35-50-40(44)33-31-29-27-25-23-21-16-14-12-10-8-6-4-2/h5,7,11,13,17-18,20,22,38-39H,3-4,6,8-10,12,14-16,19,21,23-37,43H2,1-2H3,(H,46,47)(H,48,49)/b7-5-,13-11-,18-17-,22-20-/t38-,39+/m1/s1. The molecule has 0 fully saturated rings. The molecular weight excluding hydrogens is 709 g/mol. The summed E-state index contributed by atoms with van der Waals surface area (Å²) in [7, 11) is -4.72. The molecule has 0 aliphatic carbocycles. The Kier molecular flexibility index (Phi) is 35.6. The van der Waals surface area contributed by atoms with E-state index in [1.807, 2.05) is 0 Å². The van der Waals surface area contributed by atoms with Crippen molar-refractivity contribution in [1.29, 1.82) is 0 Å². The van der Waals surface area contributed by atoms with Gasteiger partial charge >= 0.3 is 25.7 Å². The van der Waals surface area contributed by atoms with Gasteiger partial charge in [0.1, 0.15) is 12.6 Å². The first-order valence-electron chi connectivity index (χ1n) is 20.7. The van der Waals surface area contributed by atoms with Crippen molar-refractivity contribution in [3.8, 4) is 0 Å². The van der Waals surface area contributed by atoms with Crippen LogP contribution < -0.4 is 5.73 Å². The lowest BCUT2D eigenvalue weighted by molar-refractivity contribution is -0.161. The minimum absolute atomic E-state index is 0.133. The lowest BCUT2D eigenvalue weighted by Gasteiger charge is -2.20. The summed E-state index contributed by atoms with van der Waals surface area (Å²) < 4.78 is 32.6. The lowest BCUT2D eigenvalue weighted by atomic mass is 10.0.